The Morgan fingerprint density at radius 3 is 2.25 bits per heavy atom. The third-order valence-electron chi connectivity index (χ3n) is 6.79. The van der Waals surface area contributed by atoms with Crippen molar-refractivity contribution in [1.29, 1.82) is 0 Å². The molecule has 172 valence electrons. The minimum absolute atomic E-state index is 0.0141. The van der Waals surface area contributed by atoms with Crippen molar-refractivity contribution in [3.05, 3.63) is 62.8 Å². The summed E-state index contributed by atoms with van der Waals surface area (Å²) in [5.74, 6) is 0.933. The van der Waals surface area contributed by atoms with Crippen molar-refractivity contribution >= 4 is 11.7 Å². The van der Waals surface area contributed by atoms with E-state index in [0.29, 0.717) is 25.5 Å². The van der Waals surface area contributed by atoms with E-state index in [0.717, 1.165) is 50.1 Å². The molecule has 0 atom stereocenters. The topological polar surface area (TPSA) is 70.8 Å². The minimum atomic E-state index is -0.290. The molecule has 0 radical (unpaired) electrons. The number of amides is 1. The van der Waals surface area contributed by atoms with Gasteiger partial charge in [0.2, 0.25) is 5.91 Å². The van der Waals surface area contributed by atoms with E-state index in [2.05, 4.69) is 34.1 Å². The highest BCUT2D eigenvalue weighted by molar-refractivity contribution is 5.79. The van der Waals surface area contributed by atoms with Crippen LogP contribution in [0.1, 0.15) is 25.3 Å². The first-order valence-corrected chi connectivity index (χ1v) is 11.6. The molecule has 32 heavy (non-hydrogen) atoms. The normalized spacial score (nSPS) is 18.2. The van der Waals surface area contributed by atoms with Gasteiger partial charge in [0.05, 0.1) is 0 Å². The van der Waals surface area contributed by atoms with Crippen molar-refractivity contribution in [1.82, 2.24) is 18.9 Å². The zero-order valence-electron chi connectivity index (χ0n) is 19.1. The molecule has 8 heteroatoms. The van der Waals surface area contributed by atoms with Gasteiger partial charge in [0.25, 0.3) is 5.56 Å². The fourth-order valence-electron chi connectivity index (χ4n) is 4.80. The van der Waals surface area contributed by atoms with Crippen LogP contribution in [0.2, 0.25) is 0 Å². The van der Waals surface area contributed by atoms with Crippen LogP contribution in [-0.4, -0.2) is 64.1 Å². The maximum atomic E-state index is 13.1. The molecule has 2 aromatic rings. The van der Waals surface area contributed by atoms with E-state index in [1.807, 2.05) is 17.9 Å². The van der Waals surface area contributed by atoms with Gasteiger partial charge in [-0.2, -0.15) is 0 Å². The summed E-state index contributed by atoms with van der Waals surface area (Å²) in [5.41, 5.74) is 0.726. The average Bonchev–Trinajstić information content (AvgIpc) is 2.83. The van der Waals surface area contributed by atoms with Gasteiger partial charge in [-0.25, -0.2) is 4.79 Å². The van der Waals surface area contributed by atoms with Crippen molar-refractivity contribution in [2.24, 2.45) is 13.0 Å². The summed E-state index contributed by atoms with van der Waals surface area (Å²) in [5, 5.41) is 0. The van der Waals surface area contributed by atoms with Crippen LogP contribution < -0.4 is 16.1 Å². The van der Waals surface area contributed by atoms with E-state index < -0.39 is 0 Å². The molecule has 0 aliphatic carbocycles. The Labute approximate surface area is 188 Å². The number of anilines is 1. The summed E-state index contributed by atoms with van der Waals surface area (Å²) >= 11 is 0. The van der Waals surface area contributed by atoms with Gasteiger partial charge in [-0.3, -0.25) is 23.6 Å². The van der Waals surface area contributed by atoms with E-state index in [-0.39, 0.29) is 23.1 Å². The molecule has 4 rings (SSSR count). The summed E-state index contributed by atoms with van der Waals surface area (Å²) in [6, 6.07) is 12.0. The predicted molar refractivity (Wildman–Crippen MR) is 125 cm³/mol. The number of rotatable bonds is 5. The molecule has 0 N–H and O–H groups in total. The van der Waals surface area contributed by atoms with Crippen LogP contribution >= 0.6 is 0 Å². The summed E-state index contributed by atoms with van der Waals surface area (Å²) in [6.45, 7) is 8.04. The Morgan fingerprint density at radius 2 is 1.62 bits per heavy atom. The highest BCUT2D eigenvalue weighted by atomic mass is 16.2. The summed E-state index contributed by atoms with van der Waals surface area (Å²) in [4.78, 5) is 44.2. The predicted octanol–water partition coefficient (Wildman–Crippen LogP) is 1.13. The van der Waals surface area contributed by atoms with Crippen LogP contribution in [0.3, 0.4) is 0 Å². The maximum Gasteiger partial charge on any atom is 0.332 e. The molecule has 3 heterocycles. The third-order valence-corrected chi connectivity index (χ3v) is 6.79. The number of benzene rings is 1. The van der Waals surface area contributed by atoms with Crippen LogP contribution in [0.15, 0.2) is 46.0 Å². The molecule has 1 aromatic heterocycles. The summed E-state index contributed by atoms with van der Waals surface area (Å²) in [7, 11) is 1.51. The van der Waals surface area contributed by atoms with Crippen LogP contribution in [0.4, 0.5) is 5.82 Å². The Morgan fingerprint density at radius 1 is 0.969 bits per heavy atom. The van der Waals surface area contributed by atoms with E-state index in [9.17, 15) is 14.4 Å². The van der Waals surface area contributed by atoms with Gasteiger partial charge in [-0.05, 0) is 25.3 Å². The van der Waals surface area contributed by atoms with Crippen LogP contribution in [-0.2, 0) is 24.9 Å². The Bertz CT molecular complexity index is 1050. The van der Waals surface area contributed by atoms with Crippen LogP contribution in [0.25, 0.3) is 0 Å². The van der Waals surface area contributed by atoms with Gasteiger partial charge >= 0.3 is 5.69 Å². The van der Waals surface area contributed by atoms with Gasteiger partial charge in [0, 0.05) is 71.4 Å². The lowest BCUT2D eigenvalue weighted by atomic mass is 9.95. The number of hydrogen-bond acceptors (Lipinski definition) is 5. The molecular weight excluding hydrogens is 406 g/mol. The van der Waals surface area contributed by atoms with E-state index >= 15 is 0 Å². The maximum absolute atomic E-state index is 13.1. The first-order chi connectivity index (χ1) is 15.5. The fourth-order valence-corrected chi connectivity index (χ4v) is 4.80. The molecular formula is C24H33N5O3. The number of nitrogens with zero attached hydrogens (tertiary/aromatic N) is 5. The van der Waals surface area contributed by atoms with Crippen molar-refractivity contribution in [2.45, 2.75) is 32.9 Å². The number of carbonyl (C=O) groups is 1. The number of hydrogen-bond donors (Lipinski definition) is 0. The second-order valence-corrected chi connectivity index (χ2v) is 8.77. The molecule has 8 nitrogen and oxygen atoms in total. The molecule has 0 unspecified atom stereocenters. The molecule has 0 bridgehead atoms. The van der Waals surface area contributed by atoms with Gasteiger partial charge in [-0.15, -0.1) is 0 Å². The minimum Gasteiger partial charge on any atom is -0.358 e. The van der Waals surface area contributed by atoms with Gasteiger partial charge in [-0.1, -0.05) is 30.3 Å². The highest BCUT2D eigenvalue weighted by Crippen LogP contribution is 2.24. The van der Waals surface area contributed by atoms with Crippen molar-refractivity contribution in [2.75, 3.05) is 44.2 Å². The zero-order chi connectivity index (χ0) is 22.7. The quantitative estimate of drug-likeness (QED) is 0.699. The monoisotopic (exact) mass is 439 g/mol. The van der Waals surface area contributed by atoms with E-state index in [1.165, 1.54) is 12.6 Å². The van der Waals surface area contributed by atoms with Gasteiger partial charge in [0.1, 0.15) is 5.82 Å². The Kier molecular flexibility index (Phi) is 6.79. The van der Waals surface area contributed by atoms with Crippen LogP contribution in [0.5, 0.6) is 0 Å². The summed E-state index contributed by atoms with van der Waals surface area (Å²) in [6.07, 6.45) is 1.49. The number of piperidine rings is 1. The lowest BCUT2D eigenvalue weighted by Gasteiger charge is -2.39. The first kappa shape index (κ1) is 22.3. The molecule has 1 amide bonds. The molecule has 1 aromatic carbocycles. The van der Waals surface area contributed by atoms with Crippen molar-refractivity contribution in [3.63, 3.8) is 0 Å². The molecule has 0 spiro atoms. The Balaban J connectivity index is 1.32. The van der Waals surface area contributed by atoms with Crippen molar-refractivity contribution < 1.29 is 4.79 Å². The summed E-state index contributed by atoms with van der Waals surface area (Å²) < 4.78 is 2.77. The van der Waals surface area contributed by atoms with Gasteiger partial charge in [0.15, 0.2) is 0 Å². The van der Waals surface area contributed by atoms with Gasteiger partial charge < -0.3 is 9.80 Å². The molecule has 2 aliphatic heterocycles. The number of piperazine rings is 1. The smallest absolute Gasteiger partial charge is 0.332 e. The number of carbonyl (C=O) groups excluding carboxylic acids is 1. The molecule has 2 aliphatic rings. The fraction of sp³-hybridized carbons (Fsp3) is 0.542. The highest BCUT2D eigenvalue weighted by Gasteiger charge is 2.31. The van der Waals surface area contributed by atoms with Crippen molar-refractivity contribution in [3.8, 4) is 0 Å². The standard InChI is InChI=1S/C24H33N5O3/c1-3-29-21(17-22(30)25(2)24(29)32)27-11-9-20(10-12-27)23(31)28-15-13-26(14-16-28)18-19-7-5-4-6-8-19/h4-8,17,20H,3,9-16,18H2,1-2H3. The zero-order valence-corrected chi connectivity index (χ0v) is 19.1. The molecule has 2 saturated heterocycles. The van der Waals surface area contributed by atoms with Crippen LogP contribution in [0, 0.1) is 5.92 Å². The largest absolute Gasteiger partial charge is 0.358 e. The first-order valence-electron chi connectivity index (χ1n) is 11.6. The lowest BCUT2D eigenvalue weighted by Crippen LogP contribution is -2.51. The SMILES string of the molecule is CCn1c(N2CCC(C(=O)N3CCN(Cc4ccccc4)CC3)CC2)cc(=O)n(C)c1=O. The lowest BCUT2D eigenvalue weighted by molar-refractivity contribution is -0.138. The average molecular weight is 440 g/mol. The number of aromatic nitrogens is 2. The molecule has 2 fully saturated rings. The molecule has 0 saturated carbocycles. The third kappa shape index (κ3) is 4.65. The Hall–Kier alpha value is -2.87. The van der Waals surface area contributed by atoms with E-state index in [1.54, 1.807) is 10.6 Å². The second-order valence-electron chi connectivity index (χ2n) is 8.77. The second kappa shape index (κ2) is 9.73. The van der Waals surface area contributed by atoms with E-state index in [4.69, 9.17) is 0 Å².